The lowest BCUT2D eigenvalue weighted by Crippen LogP contribution is -2.45. The zero-order valence-corrected chi connectivity index (χ0v) is 21.5. The number of nitrogens with zero attached hydrogens (tertiary/aromatic N) is 1. The van der Waals surface area contributed by atoms with Gasteiger partial charge in [0.05, 0.1) is 34.7 Å². The molecule has 0 radical (unpaired) electrons. The summed E-state index contributed by atoms with van der Waals surface area (Å²) in [6.45, 7) is 10.8. The smallest absolute Gasteiger partial charge is 0.309 e. The number of rotatable bonds is 2. The van der Waals surface area contributed by atoms with Gasteiger partial charge in [0.1, 0.15) is 11.9 Å². The molecule has 1 aliphatic rings. The van der Waals surface area contributed by atoms with Crippen molar-refractivity contribution in [3.8, 4) is 0 Å². The van der Waals surface area contributed by atoms with Gasteiger partial charge in [0.25, 0.3) is 0 Å². The fraction of sp³-hybridized carbons (Fsp3) is 0.654. The van der Waals surface area contributed by atoms with Crippen LogP contribution in [0, 0.1) is 24.2 Å². The molecule has 2 heterocycles. The van der Waals surface area contributed by atoms with Crippen LogP contribution in [0.25, 0.3) is 6.08 Å². The third kappa shape index (κ3) is 7.59. The van der Waals surface area contributed by atoms with Crippen LogP contribution in [-0.4, -0.2) is 45.3 Å². The molecule has 0 spiro atoms. The monoisotopic (exact) mass is 477 g/mol. The Morgan fingerprint density at radius 1 is 1.24 bits per heavy atom. The van der Waals surface area contributed by atoms with E-state index in [1.165, 1.54) is 0 Å². The van der Waals surface area contributed by atoms with E-state index >= 15 is 0 Å². The van der Waals surface area contributed by atoms with E-state index in [0.29, 0.717) is 6.42 Å². The van der Waals surface area contributed by atoms with E-state index in [1.54, 1.807) is 32.1 Å². The summed E-state index contributed by atoms with van der Waals surface area (Å²) in [4.78, 5) is 30.3. The standard InChI is InChI=1S/C26H39NO5S/c1-16-11-9-7-8-10-12-21(17(2)13-20-15-33-19(4)27-20)32-23(29)14-22(28)26(5,6)25(31)18(3)24(16)30/h8,10,13,15-16,18,21-22,24,28,30H,7,9,11-12,14H2,1-6H3/b10-8-,17-13+/t16-,18+,21?,22+,24?/m0/s1. The number of esters is 1. The summed E-state index contributed by atoms with van der Waals surface area (Å²) in [5.74, 6) is -1.48. The molecule has 0 aromatic carbocycles. The van der Waals surface area contributed by atoms with Crippen molar-refractivity contribution in [3.05, 3.63) is 33.8 Å². The maximum atomic E-state index is 13.1. The van der Waals surface area contributed by atoms with Gasteiger partial charge >= 0.3 is 5.97 Å². The Balaban J connectivity index is 2.27. The highest BCUT2D eigenvalue weighted by Gasteiger charge is 2.42. The summed E-state index contributed by atoms with van der Waals surface area (Å²) in [5.41, 5.74) is 0.513. The molecule has 7 heteroatoms. The summed E-state index contributed by atoms with van der Waals surface area (Å²) >= 11 is 1.56. The van der Waals surface area contributed by atoms with Gasteiger partial charge in [-0.1, -0.05) is 39.8 Å². The average Bonchev–Trinajstić information content (AvgIpc) is 3.16. The Bertz CT molecular complexity index is 872. The first-order valence-electron chi connectivity index (χ1n) is 11.8. The number of ether oxygens (including phenoxy) is 1. The molecule has 0 aliphatic carbocycles. The highest BCUT2D eigenvalue weighted by molar-refractivity contribution is 7.09. The first-order chi connectivity index (χ1) is 15.4. The molecule has 33 heavy (non-hydrogen) atoms. The predicted molar refractivity (Wildman–Crippen MR) is 132 cm³/mol. The number of thiazole rings is 1. The Kier molecular flexibility index (Phi) is 10.0. The normalized spacial score (nSPS) is 31.8. The van der Waals surface area contributed by atoms with Crippen LogP contribution in [0.15, 0.2) is 23.1 Å². The molecule has 2 unspecified atom stereocenters. The van der Waals surface area contributed by atoms with E-state index in [0.717, 1.165) is 35.5 Å². The summed E-state index contributed by atoms with van der Waals surface area (Å²) in [6, 6.07) is 0. The van der Waals surface area contributed by atoms with Crippen molar-refractivity contribution >= 4 is 29.2 Å². The minimum absolute atomic E-state index is 0.0392. The second-order valence-corrected chi connectivity index (χ2v) is 10.9. The number of allylic oxidation sites excluding steroid dienone is 1. The average molecular weight is 478 g/mol. The van der Waals surface area contributed by atoms with E-state index < -0.39 is 35.6 Å². The largest absolute Gasteiger partial charge is 0.457 e. The van der Waals surface area contributed by atoms with Gasteiger partial charge in [-0.25, -0.2) is 4.98 Å². The van der Waals surface area contributed by atoms with Crippen molar-refractivity contribution in [3.63, 3.8) is 0 Å². The van der Waals surface area contributed by atoms with Crippen molar-refractivity contribution in [2.75, 3.05) is 0 Å². The van der Waals surface area contributed by atoms with Gasteiger partial charge in [-0.3, -0.25) is 9.59 Å². The van der Waals surface area contributed by atoms with Crippen LogP contribution in [0.1, 0.15) is 77.4 Å². The van der Waals surface area contributed by atoms with Crippen LogP contribution in [0.3, 0.4) is 0 Å². The summed E-state index contributed by atoms with van der Waals surface area (Å²) in [7, 11) is 0. The highest BCUT2D eigenvalue weighted by Crippen LogP contribution is 2.32. The highest BCUT2D eigenvalue weighted by atomic mass is 32.1. The number of aromatic nitrogens is 1. The van der Waals surface area contributed by atoms with Crippen LogP contribution >= 0.6 is 11.3 Å². The number of cyclic esters (lactones) is 1. The molecule has 0 amide bonds. The number of aliphatic hydroxyl groups is 2. The minimum Gasteiger partial charge on any atom is -0.457 e. The Hall–Kier alpha value is -1.83. The van der Waals surface area contributed by atoms with E-state index in [2.05, 4.69) is 11.1 Å². The summed E-state index contributed by atoms with van der Waals surface area (Å²) < 4.78 is 5.75. The van der Waals surface area contributed by atoms with Crippen LogP contribution in [0.2, 0.25) is 0 Å². The topological polar surface area (TPSA) is 96.7 Å². The van der Waals surface area contributed by atoms with E-state index in [1.807, 2.05) is 38.3 Å². The zero-order chi connectivity index (χ0) is 24.8. The molecule has 1 aromatic rings. The van der Waals surface area contributed by atoms with Crippen molar-refractivity contribution in [1.82, 2.24) is 4.98 Å². The van der Waals surface area contributed by atoms with Crippen LogP contribution in [0.5, 0.6) is 0 Å². The summed E-state index contributed by atoms with van der Waals surface area (Å²) in [5, 5.41) is 24.4. The van der Waals surface area contributed by atoms with E-state index in [4.69, 9.17) is 4.74 Å². The minimum atomic E-state index is -1.21. The van der Waals surface area contributed by atoms with E-state index in [-0.39, 0.29) is 18.1 Å². The maximum Gasteiger partial charge on any atom is 0.309 e. The lowest BCUT2D eigenvalue weighted by atomic mass is 9.73. The third-order valence-electron chi connectivity index (χ3n) is 6.68. The molecule has 0 saturated heterocycles. The molecule has 1 aliphatic heterocycles. The molecule has 6 nitrogen and oxygen atoms in total. The van der Waals surface area contributed by atoms with Gasteiger partial charge in [0, 0.05) is 17.7 Å². The molecule has 2 N–H and O–H groups in total. The number of carbonyl (C=O) groups is 2. The van der Waals surface area contributed by atoms with Crippen molar-refractivity contribution in [2.24, 2.45) is 17.3 Å². The SMILES string of the molecule is C/C(=C\c1csc(C)n1)C1C/C=C\CCC[C@H](C)C(O)[C@@H](C)C(=O)C(C)(C)[C@H](O)CC(=O)O1. The van der Waals surface area contributed by atoms with Gasteiger partial charge in [0.15, 0.2) is 0 Å². The van der Waals surface area contributed by atoms with Gasteiger partial charge < -0.3 is 14.9 Å². The number of hydrogen-bond donors (Lipinski definition) is 2. The molecule has 184 valence electrons. The Morgan fingerprint density at radius 3 is 2.58 bits per heavy atom. The lowest BCUT2D eigenvalue weighted by Gasteiger charge is -2.34. The molecular formula is C26H39NO5S. The number of Topliss-reactive ketones (excluding diaryl/α,β-unsaturated/α-hetero) is 1. The molecule has 0 saturated carbocycles. The molecule has 5 atom stereocenters. The fourth-order valence-corrected chi connectivity index (χ4v) is 4.75. The molecule has 0 bridgehead atoms. The molecular weight excluding hydrogens is 438 g/mol. The number of carbonyl (C=O) groups excluding carboxylic acids is 2. The van der Waals surface area contributed by atoms with Crippen molar-refractivity contribution in [2.45, 2.75) is 92.0 Å². The molecule has 0 fully saturated rings. The first-order valence-corrected chi connectivity index (χ1v) is 12.7. The molecule has 1 aromatic heterocycles. The molecule has 2 rings (SSSR count). The van der Waals surface area contributed by atoms with Gasteiger partial charge in [0.2, 0.25) is 0 Å². The van der Waals surface area contributed by atoms with Gasteiger partial charge in [-0.15, -0.1) is 11.3 Å². The zero-order valence-electron chi connectivity index (χ0n) is 20.7. The van der Waals surface area contributed by atoms with Crippen molar-refractivity contribution in [1.29, 1.82) is 0 Å². The van der Waals surface area contributed by atoms with E-state index in [9.17, 15) is 19.8 Å². The van der Waals surface area contributed by atoms with Crippen LogP contribution < -0.4 is 0 Å². The van der Waals surface area contributed by atoms with Gasteiger partial charge in [-0.2, -0.15) is 0 Å². The fourth-order valence-electron chi connectivity index (χ4n) is 4.18. The Morgan fingerprint density at radius 2 is 1.94 bits per heavy atom. The van der Waals surface area contributed by atoms with Crippen LogP contribution in [0.4, 0.5) is 0 Å². The van der Waals surface area contributed by atoms with Gasteiger partial charge in [-0.05, 0) is 50.7 Å². The lowest BCUT2D eigenvalue weighted by molar-refractivity contribution is -0.154. The number of aryl methyl sites for hydroxylation is 1. The van der Waals surface area contributed by atoms with Crippen LogP contribution in [-0.2, 0) is 14.3 Å². The number of ketones is 1. The second kappa shape index (κ2) is 12.0. The number of aliphatic hydroxyl groups excluding tert-OH is 2. The third-order valence-corrected chi connectivity index (χ3v) is 7.47. The van der Waals surface area contributed by atoms with Crippen molar-refractivity contribution < 1.29 is 24.5 Å². The number of hydrogen-bond acceptors (Lipinski definition) is 7. The maximum absolute atomic E-state index is 13.1. The predicted octanol–water partition coefficient (Wildman–Crippen LogP) is 4.88. The quantitative estimate of drug-likeness (QED) is 0.466. The second-order valence-electron chi connectivity index (χ2n) is 9.86. The first kappa shape index (κ1) is 27.4. The summed E-state index contributed by atoms with van der Waals surface area (Å²) in [6.07, 6.45) is 6.28. The Labute approximate surface area is 201 Å².